The second-order valence-corrected chi connectivity index (χ2v) is 7.98. The molecule has 0 nitrogen and oxygen atoms in total. The van der Waals surface area contributed by atoms with Gasteiger partial charge in [-0.15, -0.1) is 0 Å². The maximum atomic E-state index is 2.41. The minimum absolute atomic E-state index is 0.0290. The zero-order valence-electron chi connectivity index (χ0n) is 12.2. The second-order valence-electron chi connectivity index (χ2n) is 6.12. The van der Waals surface area contributed by atoms with Gasteiger partial charge < -0.3 is 0 Å². The van der Waals surface area contributed by atoms with E-state index in [0.717, 1.165) is 0 Å². The van der Waals surface area contributed by atoms with Crippen molar-refractivity contribution in [2.75, 3.05) is 0 Å². The molecule has 0 radical (unpaired) electrons. The molecular formula is C20H20Si. The van der Waals surface area contributed by atoms with Crippen molar-refractivity contribution in [1.29, 1.82) is 0 Å². The number of hydrogen-bond acceptors (Lipinski definition) is 0. The molecule has 0 saturated heterocycles. The molecule has 1 heteroatoms. The SMILES string of the molecule is C1=CC(C[SiH2]CC2C=Cc3ccccc32)c2ccccc21. The van der Waals surface area contributed by atoms with Gasteiger partial charge in [0.2, 0.25) is 0 Å². The molecular weight excluding hydrogens is 268 g/mol. The highest BCUT2D eigenvalue weighted by Crippen LogP contribution is 2.35. The summed E-state index contributed by atoms with van der Waals surface area (Å²) in [4.78, 5) is 0. The molecule has 0 bridgehead atoms. The van der Waals surface area contributed by atoms with E-state index in [1.165, 1.54) is 23.2 Å². The monoisotopic (exact) mass is 288 g/mol. The lowest BCUT2D eigenvalue weighted by molar-refractivity contribution is 0.935. The summed E-state index contributed by atoms with van der Waals surface area (Å²) in [6.07, 6.45) is 9.44. The molecule has 0 amide bonds. The number of allylic oxidation sites excluding steroid dienone is 2. The predicted octanol–water partition coefficient (Wildman–Crippen LogP) is 4.61. The standard InChI is InChI=1S/C20H20Si/c1-3-7-19-15(5-1)9-11-17(19)13-21-14-18-12-10-16-6-2-4-8-20(16)18/h1-12,17-18H,13-14,21H2. The van der Waals surface area contributed by atoms with Crippen LogP contribution in [-0.2, 0) is 0 Å². The molecule has 0 aliphatic heterocycles. The first-order valence-corrected chi connectivity index (χ1v) is 9.96. The molecule has 0 heterocycles. The highest BCUT2D eigenvalue weighted by Gasteiger charge is 2.19. The Morgan fingerprint density at radius 3 is 1.67 bits per heavy atom. The van der Waals surface area contributed by atoms with Crippen molar-refractivity contribution in [2.24, 2.45) is 0 Å². The van der Waals surface area contributed by atoms with Crippen molar-refractivity contribution in [3.05, 3.63) is 82.9 Å². The van der Waals surface area contributed by atoms with E-state index in [9.17, 15) is 0 Å². The molecule has 21 heavy (non-hydrogen) atoms. The molecule has 0 aromatic heterocycles. The van der Waals surface area contributed by atoms with Crippen LogP contribution in [0.3, 0.4) is 0 Å². The van der Waals surface area contributed by atoms with Crippen LogP contribution in [-0.4, -0.2) is 9.52 Å². The summed E-state index contributed by atoms with van der Waals surface area (Å²) >= 11 is 0. The third-order valence-electron chi connectivity index (χ3n) is 4.84. The third kappa shape index (κ3) is 2.42. The van der Waals surface area contributed by atoms with Gasteiger partial charge in [-0.25, -0.2) is 0 Å². The van der Waals surface area contributed by atoms with Crippen molar-refractivity contribution in [2.45, 2.75) is 23.9 Å². The zero-order chi connectivity index (χ0) is 14.1. The summed E-state index contributed by atoms with van der Waals surface area (Å²) < 4.78 is 0. The number of hydrogen-bond donors (Lipinski definition) is 0. The molecule has 4 rings (SSSR count). The van der Waals surface area contributed by atoms with Crippen molar-refractivity contribution >= 4 is 21.7 Å². The quantitative estimate of drug-likeness (QED) is 0.721. The van der Waals surface area contributed by atoms with E-state index in [2.05, 4.69) is 72.8 Å². The van der Waals surface area contributed by atoms with Crippen LogP contribution in [0.15, 0.2) is 60.7 Å². The minimum atomic E-state index is -0.0290. The molecule has 2 atom stereocenters. The summed E-state index contributed by atoms with van der Waals surface area (Å²) in [5.41, 5.74) is 5.96. The lowest BCUT2D eigenvalue weighted by Gasteiger charge is -2.13. The highest BCUT2D eigenvalue weighted by atomic mass is 28.2. The summed E-state index contributed by atoms with van der Waals surface area (Å²) in [5, 5.41) is 0. The molecule has 0 fully saturated rings. The molecule has 0 saturated carbocycles. The van der Waals surface area contributed by atoms with Crippen LogP contribution in [0, 0.1) is 0 Å². The third-order valence-corrected chi connectivity index (χ3v) is 6.90. The normalized spacial score (nSPS) is 22.1. The number of rotatable bonds is 4. The molecule has 104 valence electrons. The zero-order valence-corrected chi connectivity index (χ0v) is 13.6. The van der Waals surface area contributed by atoms with Crippen LogP contribution in [0.4, 0.5) is 0 Å². The maximum absolute atomic E-state index is 2.41. The van der Waals surface area contributed by atoms with Crippen molar-refractivity contribution in [3.8, 4) is 0 Å². The van der Waals surface area contributed by atoms with Crippen LogP contribution in [0.1, 0.15) is 34.1 Å². The summed E-state index contributed by atoms with van der Waals surface area (Å²) in [6.45, 7) is 0. The van der Waals surface area contributed by atoms with Crippen molar-refractivity contribution in [1.82, 2.24) is 0 Å². The topological polar surface area (TPSA) is 0 Å². The fourth-order valence-corrected chi connectivity index (χ4v) is 5.83. The maximum Gasteiger partial charge on any atom is 0.0218 e. The van der Waals surface area contributed by atoms with Gasteiger partial charge in [0.05, 0.1) is 0 Å². The van der Waals surface area contributed by atoms with Gasteiger partial charge in [-0.1, -0.05) is 84.9 Å². The first kappa shape index (κ1) is 12.8. The Labute approximate surface area is 129 Å². The lowest BCUT2D eigenvalue weighted by Crippen LogP contribution is -2.03. The lowest BCUT2D eigenvalue weighted by atomic mass is 10.0. The van der Waals surface area contributed by atoms with Gasteiger partial charge in [0, 0.05) is 9.52 Å². The Morgan fingerprint density at radius 2 is 1.14 bits per heavy atom. The molecule has 2 aliphatic carbocycles. The van der Waals surface area contributed by atoms with E-state index in [4.69, 9.17) is 0 Å². The van der Waals surface area contributed by atoms with Gasteiger partial charge in [0.25, 0.3) is 0 Å². The van der Waals surface area contributed by atoms with Crippen LogP contribution >= 0.6 is 0 Å². The van der Waals surface area contributed by atoms with Gasteiger partial charge in [-0.3, -0.25) is 0 Å². The predicted molar refractivity (Wildman–Crippen MR) is 94.6 cm³/mol. The Kier molecular flexibility index (Phi) is 3.36. The number of fused-ring (bicyclic) bond motifs is 2. The van der Waals surface area contributed by atoms with Crippen LogP contribution < -0.4 is 0 Å². The molecule has 0 N–H and O–H groups in total. The fourth-order valence-electron chi connectivity index (χ4n) is 3.71. The first-order chi connectivity index (χ1) is 10.4. The fraction of sp³-hybridized carbons (Fsp3) is 0.200. The molecule has 2 aromatic carbocycles. The van der Waals surface area contributed by atoms with Gasteiger partial charge in [-0.2, -0.15) is 0 Å². The van der Waals surface area contributed by atoms with Gasteiger partial charge in [0.1, 0.15) is 0 Å². The summed E-state index contributed by atoms with van der Waals surface area (Å²) in [5.74, 6) is 1.38. The van der Waals surface area contributed by atoms with Gasteiger partial charge in [-0.05, 0) is 34.1 Å². The van der Waals surface area contributed by atoms with Crippen LogP contribution in [0.2, 0.25) is 12.1 Å². The Bertz CT molecular complexity index is 650. The minimum Gasteiger partial charge on any atom is -0.0767 e. The van der Waals surface area contributed by atoms with Crippen LogP contribution in [0.5, 0.6) is 0 Å². The Hall–Kier alpha value is -1.86. The van der Waals surface area contributed by atoms with Crippen molar-refractivity contribution < 1.29 is 0 Å². The van der Waals surface area contributed by atoms with E-state index >= 15 is 0 Å². The van der Waals surface area contributed by atoms with Crippen LogP contribution in [0.25, 0.3) is 12.2 Å². The highest BCUT2D eigenvalue weighted by molar-refractivity contribution is 6.36. The van der Waals surface area contributed by atoms with Gasteiger partial charge >= 0.3 is 0 Å². The van der Waals surface area contributed by atoms with E-state index < -0.39 is 0 Å². The molecule has 2 unspecified atom stereocenters. The Morgan fingerprint density at radius 1 is 0.667 bits per heavy atom. The average Bonchev–Trinajstić information content (AvgIpc) is 3.13. The summed E-state index contributed by atoms with van der Waals surface area (Å²) in [7, 11) is -0.0290. The largest absolute Gasteiger partial charge is 0.0767 e. The average molecular weight is 288 g/mol. The van der Waals surface area contributed by atoms with E-state index in [1.807, 2.05) is 0 Å². The second kappa shape index (κ2) is 5.49. The number of benzene rings is 2. The smallest absolute Gasteiger partial charge is 0.0218 e. The Balaban J connectivity index is 1.38. The van der Waals surface area contributed by atoms with E-state index in [1.54, 1.807) is 11.1 Å². The first-order valence-electron chi connectivity index (χ1n) is 7.96. The van der Waals surface area contributed by atoms with Gasteiger partial charge in [0.15, 0.2) is 0 Å². The summed E-state index contributed by atoms with van der Waals surface area (Å²) in [6, 6.07) is 20.5. The molecule has 2 aliphatic rings. The molecule has 0 spiro atoms. The molecule has 2 aromatic rings. The van der Waals surface area contributed by atoms with E-state index in [-0.39, 0.29) is 9.52 Å². The van der Waals surface area contributed by atoms with Crippen molar-refractivity contribution in [3.63, 3.8) is 0 Å². The van der Waals surface area contributed by atoms with E-state index in [0.29, 0.717) is 11.8 Å².